The van der Waals surface area contributed by atoms with Crippen LogP contribution in [0.3, 0.4) is 0 Å². The number of hydrogen-bond donors (Lipinski definition) is 0. The van der Waals surface area contributed by atoms with Gasteiger partial charge in [0, 0.05) is 20.9 Å². The highest BCUT2D eigenvalue weighted by atomic mass is 32.1. The van der Waals surface area contributed by atoms with Crippen molar-refractivity contribution in [2.24, 2.45) is 0 Å². The van der Waals surface area contributed by atoms with E-state index in [1.165, 1.54) is 25.8 Å². The number of thiophene rings is 4. The molecule has 0 bridgehead atoms. The predicted molar refractivity (Wildman–Crippen MR) is 113 cm³/mol. The van der Waals surface area contributed by atoms with Crippen LogP contribution in [0, 0.1) is 22.7 Å². The molecule has 6 heteroatoms. The SMILES string of the molecule is N#CC(C#N)=Cc1ccsc1-c1sccc1-c1sccc1-c1cccs1. The Balaban J connectivity index is 1.84. The summed E-state index contributed by atoms with van der Waals surface area (Å²) in [6.07, 6.45) is 1.67. The Morgan fingerprint density at radius 1 is 0.731 bits per heavy atom. The molecule has 0 fully saturated rings. The Kier molecular flexibility index (Phi) is 4.83. The van der Waals surface area contributed by atoms with Crippen molar-refractivity contribution in [2.45, 2.75) is 0 Å². The van der Waals surface area contributed by atoms with Crippen LogP contribution in [0.25, 0.3) is 36.7 Å². The molecule has 2 nitrogen and oxygen atoms in total. The summed E-state index contributed by atoms with van der Waals surface area (Å²) < 4.78 is 0. The van der Waals surface area contributed by atoms with E-state index in [0.717, 1.165) is 10.4 Å². The lowest BCUT2D eigenvalue weighted by Gasteiger charge is -2.05. The third-order valence-electron chi connectivity index (χ3n) is 3.80. The zero-order valence-electron chi connectivity index (χ0n) is 13.3. The van der Waals surface area contributed by atoms with Gasteiger partial charge >= 0.3 is 0 Å². The van der Waals surface area contributed by atoms with Crippen molar-refractivity contribution >= 4 is 51.4 Å². The zero-order chi connectivity index (χ0) is 17.9. The molecular formula is C20H10N2S4. The normalized spacial score (nSPS) is 10.2. The minimum atomic E-state index is 0.123. The maximum absolute atomic E-state index is 9.06. The van der Waals surface area contributed by atoms with Crippen LogP contribution in [0.4, 0.5) is 0 Å². The number of nitriles is 2. The van der Waals surface area contributed by atoms with E-state index in [4.69, 9.17) is 10.5 Å². The molecule has 4 heterocycles. The molecular weight excluding hydrogens is 397 g/mol. The molecule has 4 aromatic heterocycles. The lowest BCUT2D eigenvalue weighted by molar-refractivity contribution is 1.47. The molecule has 0 atom stereocenters. The molecule has 4 aromatic rings. The maximum atomic E-state index is 9.06. The first kappa shape index (κ1) is 17.0. The summed E-state index contributed by atoms with van der Waals surface area (Å²) in [4.78, 5) is 4.80. The molecule has 0 amide bonds. The van der Waals surface area contributed by atoms with Gasteiger partial charge in [-0.2, -0.15) is 10.5 Å². The molecule has 0 aliphatic carbocycles. The van der Waals surface area contributed by atoms with Crippen molar-refractivity contribution in [2.75, 3.05) is 0 Å². The Morgan fingerprint density at radius 3 is 2.15 bits per heavy atom. The molecule has 0 radical (unpaired) electrons. The van der Waals surface area contributed by atoms with Crippen LogP contribution in [-0.4, -0.2) is 0 Å². The van der Waals surface area contributed by atoms with Gasteiger partial charge in [0.25, 0.3) is 0 Å². The standard InChI is InChI=1S/C20H10N2S4/c21-11-13(12-22)10-14-3-7-24-18(14)20-16(5-9-26-20)19-15(4-8-25-19)17-2-1-6-23-17/h1-10H. The van der Waals surface area contributed by atoms with Crippen LogP contribution >= 0.6 is 45.3 Å². The Hall–Kier alpha value is -2.48. The van der Waals surface area contributed by atoms with E-state index in [2.05, 4.69) is 40.4 Å². The van der Waals surface area contributed by atoms with Gasteiger partial charge in [0.05, 0.1) is 9.75 Å². The van der Waals surface area contributed by atoms with Gasteiger partial charge in [0.15, 0.2) is 0 Å². The van der Waals surface area contributed by atoms with Crippen LogP contribution in [0.5, 0.6) is 0 Å². The van der Waals surface area contributed by atoms with E-state index >= 15 is 0 Å². The van der Waals surface area contributed by atoms with Gasteiger partial charge in [-0.25, -0.2) is 0 Å². The Bertz CT molecular complexity index is 1140. The first-order valence-corrected chi connectivity index (χ1v) is 11.1. The maximum Gasteiger partial charge on any atom is 0.130 e. The van der Waals surface area contributed by atoms with Gasteiger partial charge in [-0.3, -0.25) is 0 Å². The Labute approximate surface area is 167 Å². The van der Waals surface area contributed by atoms with Gasteiger partial charge in [0.2, 0.25) is 0 Å². The first-order chi connectivity index (χ1) is 12.8. The fourth-order valence-corrected chi connectivity index (χ4v) is 6.48. The monoisotopic (exact) mass is 406 g/mol. The highest BCUT2D eigenvalue weighted by Gasteiger charge is 2.18. The van der Waals surface area contributed by atoms with Crippen molar-refractivity contribution in [3.8, 4) is 42.8 Å². The fraction of sp³-hybridized carbons (Fsp3) is 0. The summed E-state index contributed by atoms with van der Waals surface area (Å²) in [6, 6.07) is 14.4. The van der Waals surface area contributed by atoms with Crippen molar-refractivity contribution in [3.63, 3.8) is 0 Å². The second-order valence-electron chi connectivity index (χ2n) is 5.29. The molecule has 124 valence electrons. The number of rotatable bonds is 4. The van der Waals surface area contributed by atoms with E-state index in [1.807, 2.05) is 23.6 Å². The van der Waals surface area contributed by atoms with Crippen molar-refractivity contribution < 1.29 is 0 Å². The molecule has 0 saturated carbocycles. The molecule has 0 aromatic carbocycles. The van der Waals surface area contributed by atoms with E-state index in [-0.39, 0.29) is 5.57 Å². The third-order valence-corrected chi connectivity index (χ3v) is 7.66. The summed E-state index contributed by atoms with van der Waals surface area (Å²) in [5.74, 6) is 0. The van der Waals surface area contributed by atoms with Crippen molar-refractivity contribution in [1.82, 2.24) is 0 Å². The number of nitrogens with zero attached hydrogens (tertiary/aromatic N) is 2. The van der Waals surface area contributed by atoms with Crippen LogP contribution in [0.1, 0.15) is 5.56 Å². The highest BCUT2D eigenvalue weighted by molar-refractivity contribution is 7.22. The van der Waals surface area contributed by atoms with E-state index in [0.29, 0.717) is 0 Å². The van der Waals surface area contributed by atoms with Crippen LogP contribution in [-0.2, 0) is 0 Å². The molecule has 0 saturated heterocycles. The summed E-state index contributed by atoms with van der Waals surface area (Å²) in [7, 11) is 0. The van der Waals surface area contributed by atoms with E-state index in [1.54, 1.807) is 51.4 Å². The van der Waals surface area contributed by atoms with Gasteiger partial charge in [-0.1, -0.05) is 6.07 Å². The van der Waals surface area contributed by atoms with E-state index < -0.39 is 0 Å². The molecule has 4 rings (SSSR count). The van der Waals surface area contributed by atoms with Crippen LogP contribution in [0.2, 0.25) is 0 Å². The average Bonchev–Trinajstić information content (AvgIpc) is 3.45. The van der Waals surface area contributed by atoms with Crippen molar-refractivity contribution in [3.05, 3.63) is 63.0 Å². The van der Waals surface area contributed by atoms with Gasteiger partial charge < -0.3 is 0 Å². The molecule has 0 spiro atoms. The minimum Gasteiger partial charge on any atom is -0.192 e. The fourth-order valence-electron chi connectivity index (χ4n) is 2.67. The van der Waals surface area contributed by atoms with Gasteiger partial charge in [-0.15, -0.1) is 45.3 Å². The van der Waals surface area contributed by atoms with E-state index in [9.17, 15) is 0 Å². The third kappa shape index (κ3) is 3.05. The predicted octanol–water partition coefficient (Wildman–Crippen LogP) is 7.36. The number of allylic oxidation sites excluding steroid dienone is 1. The molecule has 0 aliphatic rings. The van der Waals surface area contributed by atoms with Gasteiger partial charge in [0.1, 0.15) is 17.7 Å². The summed E-state index contributed by atoms with van der Waals surface area (Å²) in [6.45, 7) is 0. The summed E-state index contributed by atoms with van der Waals surface area (Å²) in [5.41, 5.74) is 3.51. The minimum absolute atomic E-state index is 0.123. The summed E-state index contributed by atoms with van der Waals surface area (Å²) >= 11 is 6.82. The number of hydrogen-bond acceptors (Lipinski definition) is 6. The van der Waals surface area contributed by atoms with Gasteiger partial charge in [-0.05, 0) is 57.4 Å². The second-order valence-corrected chi connectivity index (χ2v) is 8.99. The Morgan fingerprint density at radius 2 is 1.42 bits per heavy atom. The highest BCUT2D eigenvalue weighted by Crippen LogP contribution is 2.47. The first-order valence-electron chi connectivity index (χ1n) is 7.61. The lowest BCUT2D eigenvalue weighted by Crippen LogP contribution is -1.79. The van der Waals surface area contributed by atoms with Crippen LogP contribution in [0.15, 0.2) is 57.4 Å². The largest absolute Gasteiger partial charge is 0.192 e. The van der Waals surface area contributed by atoms with Crippen molar-refractivity contribution in [1.29, 1.82) is 10.5 Å². The molecule has 26 heavy (non-hydrogen) atoms. The quantitative estimate of drug-likeness (QED) is 0.332. The van der Waals surface area contributed by atoms with Crippen LogP contribution < -0.4 is 0 Å². The average molecular weight is 407 g/mol. The smallest absolute Gasteiger partial charge is 0.130 e. The molecule has 0 unspecified atom stereocenters. The zero-order valence-corrected chi connectivity index (χ0v) is 16.6. The topological polar surface area (TPSA) is 47.6 Å². The molecule has 0 aliphatic heterocycles. The summed E-state index contributed by atoms with van der Waals surface area (Å²) in [5, 5.41) is 26.5. The molecule has 0 N–H and O–H groups in total. The second kappa shape index (κ2) is 7.41. The lowest BCUT2D eigenvalue weighted by atomic mass is 10.1.